The van der Waals surface area contributed by atoms with E-state index in [1.54, 1.807) is 32.0 Å². The first-order chi connectivity index (χ1) is 12.9. The molecule has 27 heavy (non-hydrogen) atoms. The summed E-state index contributed by atoms with van der Waals surface area (Å²) in [5.74, 6) is -0.336. The second kappa shape index (κ2) is 11.8. The third-order valence-corrected chi connectivity index (χ3v) is 3.67. The van der Waals surface area contributed by atoms with Gasteiger partial charge in [-0.1, -0.05) is 6.07 Å². The van der Waals surface area contributed by atoms with E-state index in [1.807, 2.05) is 0 Å². The predicted octanol–water partition coefficient (Wildman–Crippen LogP) is 1.94. The van der Waals surface area contributed by atoms with Crippen LogP contribution < -0.4 is 9.47 Å². The Balaban J connectivity index is 2.90. The van der Waals surface area contributed by atoms with E-state index in [-0.39, 0.29) is 39.1 Å². The number of hydrogen-bond donors (Lipinski definition) is 0. The van der Waals surface area contributed by atoms with Crippen molar-refractivity contribution in [2.45, 2.75) is 33.2 Å². The van der Waals surface area contributed by atoms with E-state index in [1.165, 1.54) is 19.1 Å². The van der Waals surface area contributed by atoms with Crippen molar-refractivity contribution in [3.05, 3.63) is 23.8 Å². The smallest absolute Gasteiger partial charge is 0.315 e. The molecular formula is C19H27NO7. The second-order valence-electron chi connectivity index (χ2n) is 5.54. The van der Waals surface area contributed by atoms with Gasteiger partial charge in [0.15, 0.2) is 11.5 Å². The lowest BCUT2D eigenvalue weighted by Crippen LogP contribution is -2.34. The Labute approximate surface area is 159 Å². The number of esters is 2. The lowest BCUT2D eigenvalue weighted by molar-refractivity contribution is -0.149. The van der Waals surface area contributed by atoms with Crippen molar-refractivity contribution in [2.75, 3.05) is 34.0 Å². The van der Waals surface area contributed by atoms with Crippen LogP contribution in [-0.4, -0.2) is 56.7 Å². The number of hydrogen-bond acceptors (Lipinski definition) is 7. The van der Waals surface area contributed by atoms with E-state index in [0.717, 1.165) is 5.56 Å². The minimum atomic E-state index is -0.601. The molecule has 0 heterocycles. The molecule has 1 rings (SSSR count). The monoisotopic (exact) mass is 381 g/mol. The molecule has 0 spiro atoms. The molecule has 0 aromatic heterocycles. The Hall–Kier alpha value is -2.77. The van der Waals surface area contributed by atoms with Gasteiger partial charge in [0.05, 0.1) is 33.9 Å². The van der Waals surface area contributed by atoms with Crippen molar-refractivity contribution < 1.29 is 33.3 Å². The van der Waals surface area contributed by atoms with Gasteiger partial charge in [0, 0.05) is 13.1 Å². The van der Waals surface area contributed by atoms with E-state index in [9.17, 15) is 14.4 Å². The van der Waals surface area contributed by atoms with Crippen molar-refractivity contribution >= 4 is 17.8 Å². The molecule has 1 aromatic rings. The molecule has 8 heteroatoms. The van der Waals surface area contributed by atoms with Gasteiger partial charge < -0.3 is 23.8 Å². The van der Waals surface area contributed by atoms with Crippen molar-refractivity contribution in [1.82, 2.24) is 4.90 Å². The summed E-state index contributed by atoms with van der Waals surface area (Å²) in [6.07, 6.45) is -0.348. The lowest BCUT2D eigenvalue weighted by Gasteiger charge is -2.23. The highest BCUT2D eigenvalue weighted by Gasteiger charge is 2.20. The molecule has 8 nitrogen and oxygen atoms in total. The summed E-state index contributed by atoms with van der Waals surface area (Å²) in [6.45, 7) is 4.19. The molecule has 0 fully saturated rings. The molecule has 0 bridgehead atoms. The van der Waals surface area contributed by atoms with Gasteiger partial charge in [-0.2, -0.15) is 0 Å². The molecule has 0 saturated heterocycles. The normalized spacial score (nSPS) is 10.1. The van der Waals surface area contributed by atoms with Crippen molar-refractivity contribution in [1.29, 1.82) is 0 Å². The maximum Gasteiger partial charge on any atom is 0.315 e. The summed E-state index contributed by atoms with van der Waals surface area (Å²) in [6, 6.07) is 5.26. The topological polar surface area (TPSA) is 91.4 Å². The van der Waals surface area contributed by atoms with Crippen molar-refractivity contribution in [3.8, 4) is 11.5 Å². The zero-order chi connectivity index (χ0) is 20.2. The number of nitrogens with zero attached hydrogens (tertiary/aromatic N) is 1. The van der Waals surface area contributed by atoms with E-state index >= 15 is 0 Å². The van der Waals surface area contributed by atoms with Crippen LogP contribution in [0.1, 0.15) is 32.3 Å². The molecule has 0 aliphatic heterocycles. The molecule has 0 radical (unpaired) electrons. The number of carbonyl (C=O) groups is 3. The summed E-state index contributed by atoms with van der Waals surface area (Å²) in [5.41, 5.74) is 0.772. The second-order valence-corrected chi connectivity index (χ2v) is 5.54. The average Bonchev–Trinajstić information content (AvgIpc) is 2.65. The third kappa shape index (κ3) is 7.55. The Bertz CT molecular complexity index is 645. The van der Waals surface area contributed by atoms with Gasteiger partial charge in [-0.3, -0.25) is 14.4 Å². The first kappa shape index (κ1) is 22.3. The molecule has 0 saturated carbocycles. The van der Waals surface area contributed by atoms with Crippen LogP contribution in [0.4, 0.5) is 0 Å². The van der Waals surface area contributed by atoms with Gasteiger partial charge in [-0.15, -0.1) is 0 Å². The van der Waals surface area contributed by atoms with Crippen LogP contribution in [0.15, 0.2) is 18.2 Å². The average molecular weight is 381 g/mol. The van der Waals surface area contributed by atoms with Gasteiger partial charge in [0.1, 0.15) is 6.42 Å². The molecule has 1 amide bonds. The van der Waals surface area contributed by atoms with E-state index in [2.05, 4.69) is 0 Å². The summed E-state index contributed by atoms with van der Waals surface area (Å²) in [7, 11) is 3.05. The predicted molar refractivity (Wildman–Crippen MR) is 97.5 cm³/mol. The molecule has 150 valence electrons. The Morgan fingerprint density at radius 1 is 0.926 bits per heavy atom. The van der Waals surface area contributed by atoms with E-state index in [4.69, 9.17) is 18.9 Å². The number of carbonyl (C=O) groups excluding carboxylic acids is 3. The maximum absolute atomic E-state index is 12.5. The number of methoxy groups -OCH3 is 2. The van der Waals surface area contributed by atoms with Crippen LogP contribution >= 0.6 is 0 Å². The summed E-state index contributed by atoms with van der Waals surface area (Å²) >= 11 is 0. The molecule has 0 atom stereocenters. The fraction of sp³-hybridized carbons (Fsp3) is 0.526. The van der Waals surface area contributed by atoms with Gasteiger partial charge in [0.25, 0.3) is 0 Å². The lowest BCUT2D eigenvalue weighted by atomic mass is 10.1. The van der Waals surface area contributed by atoms with E-state index < -0.39 is 17.8 Å². The van der Waals surface area contributed by atoms with Crippen LogP contribution in [0.3, 0.4) is 0 Å². The fourth-order valence-electron chi connectivity index (χ4n) is 2.40. The minimum Gasteiger partial charge on any atom is -0.493 e. The summed E-state index contributed by atoms with van der Waals surface area (Å²) in [4.78, 5) is 37.2. The Kier molecular flexibility index (Phi) is 9.71. The highest BCUT2D eigenvalue weighted by Crippen LogP contribution is 2.28. The largest absolute Gasteiger partial charge is 0.493 e. The molecule has 0 aliphatic carbocycles. The number of rotatable bonds is 11. The molecular weight excluding hydrogens is 354 g/mol. The van der Waals surface area contributed by atoms with Crippen LogP contribution in [0.25, 0.3) is 0 Å². The zero-order valence-corrected chi connectivity index (χ0v) is 16.3. The standard InChI is InChI=1S/C19H27NO7/c1-5-26-18(22)9-10-20(17(21)12-19(23)27-6-2)13-14-7-8-15(24-3)16(11-14)25-4/h7-8,11H,5-6,9-10,12-13H2,1-4H3. The van der Waals surface area contributed by atoms with Crippen molar-refractivity contribution in [2.24, 2.45) is 0 Å². The third-order valence-electron chi connectivity index (χ3n) is 3.67. The van der Waals surface area contributed by atoms with Gasteiger partial charge in [-0.25, -0.2) is 0 Å². The van der Waals surface area contributed by atoms with E-state index in [0.29, 0.717) is 11.5 Å². The molecule has 0 unspecified atom stereocenters. The molecule has 0 N–H and O–H groups in total. The van der Waals surface area contributed by atoms with Gasteiger partial charge in [-0.05, 0) is 31.5 Å². The number of amides is 1. The van der Waals surface area contributed by atoms with Crippen LogP contribution in [0.5, 0.6) is 11.5 Å². The first-order valence-electron chi connectivity index (χ1n) is 8.75. The Morgan fingerprint density at radius 2 is 1.56 bits per heavy atom. The number of benzene rings is 1. The molecule has 0 aliphatic rings. The van der Waals surface area contributed by atoms with Crippen LogP contribution in [0, 0.1) is 0 Å². The van der Waals surface area contributed by atoms with Gasteiger partial charge in [0.2, 0.25) is 5.91 Å². The Morgan fingerprint density at radius 3 is 2.15 bits per heavy atom. The fourth-order valence-corrected chi connectivity index (χ4v) is 2.40. The molecule has 1 aromatic carbocycles. The highest BCUT2D eigenvalue weighted by molar-refractivity contribution is 5.94. The van der Waals surface area contributed by atoms with Crippen LogP contribution in [0.2, 0.25) is 0 Å². The summed E-state index contributed by atoms with van der Waals surface area (Å²) < 4.78 is 20.2. The zero-order valence-electron chi connectivity index (χ0n) is 16.3. The highest BCUT2D eigenvalue weighted by atomic mass is 16.5. The summed E-state index contributed by atoms with van der Waals surface area (Å²) in [5, 5.41) is 0. The first-order valence-corrected chi connectivity index (χ1v) is 8.75. The SMILES string of the molecule is CCOC(=O)CCN(Cc1ccc(OC)c(OC)c1)C(=O)CC(=O)OCC. The maximum atomic E-state index is 12.5. The number of ether oxygens (including phenoxy) is 4. The van der Waals surface area contributed by atoms with Crippen molar-refractivity contribution in [3.63, 3.8) is 0 Å². The minimum absolute atomic E-state index is 0.0374. The van der Waals surface area contributed by atoms with Gasteiger partial charge >= 0.3 is 11.9 Å². The van der Waals surface area contributed by atoms with Crippen LogP contribution in [-0.2, 0) is 30.4 Å². The quantitative estimate of drug-likeness (QED) is 0.427.